The average molecular weight is 410 g/mol. The van der Waals surface area contributed by atoms with Crippen LogP contribution in [0, 0.1) is 0 Å². The fraction of sp³-hybridized carbons (Fsp3) is 0.217. The van der Waals surface area contributed by atoms with Crippen LogP contribution in [0.1, 0.15) is 25.3 Å². The van der Waals surface area contributed by atoms with E-state index >= 15 is 0 Å². The summed E-state index contributed by atoms with van der Waals surface area (Å²) in [7, 11) is 0. The first-order chi connectivity index (χ1) is 14.5. The van der Waals surface area contributed by atoms with Gasteiger partial charge in [0.1, 0.15) is 12.1 Å². The van der Waals surface area contributed by atoms with Gasteiger partial charge in [-0.05, 0) is 30.2 Å². The number of anilines is 1. The molecule has 0 unspecified atom stereocenters. The van der Waals surface area contributed by atoms with E-state index in [0.717, 1.165) is 48.0 Å². The largest absolute Gasteiger partial charge is 0.416 e. The van der Waals surface area contributed by atoms with Crippen LogP contribution < -0.4 is 5.32 Å². The average Bonchev–Trinajstić information content (AvgIpc) is 3.15. The van der Waals surface area contributed by atoms with Crippen LogP contribution in [-0.4, -0.2) is 21.1 Å². The molecule has 0 aliphatic rings. The van der Waals surface area contributed by atoms with Gasteiger partial charge < -0.3 is 9.88 Å². The Morgan fingerprint density at radius 2 is 1.80 bits per heavy atom. The number of halogens is 3. The van der Waals surface area contributed by atoms with Gasteiger partial charge in [0.05, 0.1) is 10.9 Å². The summed E-state index contributed by atoms with van der Waals surface area (Å²) < 4.78 is 41.5. The summed E-state index contributed by atoms with van der Waals surface area (Å²) in [5, 5.41) is 4.14. The van der Waals surface area contributed by atoms with Crippen molar-refractivity contribution in [1.29, 1.82) is 0 Å². The highest BCUT2D eigenvalue weighted by atomic mass is 19.4. The summed E-state index contributed by atoms with van der Waals surface area (Å²) >= 11 is 0. The van der Waals surface area contributed by atoms with Gasteiger partial charge in [0.25, 0.3) is 0 Å². The Hall–Kier alpha value is -3.35. The first kappa shape index (κ1) is 19.9. The highest BCUT2D eigenvalue weighted by molar-refractivity contribution is 6.02. The van der Waals surface area contributed by atoms with Gasteiger partial charge in [-0.2, -0.15) is 13.2 Å². The number of benzene rings is 2. The molecule has 2 aromatic heterocycles. The smallest absolute Gasteiger partial charge is 0.369 e. The quantitative estimate of drug-likeness (QED) is 0.378. The molecule has 0 aliphatic carbocycles. The third kappa shape index (κ3) is 3.87. The third-order valence-electron chi connectivity index (χ3n) is 4.94. The lowest BCUT2D eigenvalue weighted by Gasteiger charge is -2.10. The highest BCUT2D eigenvalue weighted by Gasteiger charge is 2.30. The summed E-state index contributed by atoms with van der Waals surface area (Å²) in [6.07, 6.45) is 0.881. The van der Waals surface area contributed by atoms with Gasteiger partial charge in [0, 0.05) is 24.0 Å². The van der Waals surface area contributed by atoms with E-state index in [1.807, 2.05) is 36.5 Å². The van der Waals surface area contributed by atoms with Crippen molar-refractivity contribution < 1.29 is 13.2 Å². The van der Waals surface area contributed by atoms with Crippen LogP contribution in [0.25, 0.3) is 27.8 Å². The zero-order chi connectivity index (χ0) is 21.1. The minimum Gasteiger partial charge on any atom is -0.369 e. The van der Waals surface area contributed by atoms with Crippen LogP contribution >= 0.6 is 0 Å². The van der Waals surface area contributed by atoms with Crippen molar-refractivity contribution >= 4 is 16.9 Å². The Morgan fingerprint density at radius 1 is 1.00 bits per heavy atom. The summed E-state index contributed by atoms with van der Waals surface area (Å²) in [4.78, 5) is 8.83. The molecule has 1 N–H and O–H groups in total. The monoisotopic (exact) mass is 410 g/mol. The Morgan fingerprint density at radius 3 is 2.53 bits per heavy atom. The molecule has 4 rings (SSSR count). The van der Waals surface area contributed by atoms with Gasteiger partial charge in [-0.3, -0.25) is 0 Å². The molecule has 4 aromatic rings. The van der Waals surface area contributed by atoms with Crippen LogP contribution in [0.2, 0.25) is 0 Å². The van der Waals surface area contributed by atoms with E-state index in [0.29, 0.717) is 17.2 Å². The number of rotatable bonds is 6. The molecule has 0 bridgehead atoms. The molecule has 4 nitrogen and oxygen atoms in total. The van der Waals surface area contributed by atoms with Crippen molar-refractivity contribution in [3.63, 3.8) is 0 Å². The number of unbranched alkanes of at least 4 members (excludes halogenated alkanes) is 1. The molecule has 0 amide bonds. The van der Waals surface area contributed by atoms with Crippen LogP contribution in [0.4, 0.5) is 19.0 Å². The van der Waals surface area contributed by atoms with Crippen molar-refractivity contribution in [2.24, 2.45) is 0 Å². The lowest BCUT2D eigenvalue weighted by Crippen LogP contribution is -2.06. The molecule has 30 heavy (non-hydrogen) atoms. The summed E-state index contributed by atoms with van der Waals surface area (Å²) in [5.74, 6) is 0.679. The molecule has 0 radical (unpaired) electrons. The first-order valence-corrected chi connectivity index (χ1v) is 9.82. The second-order valence-corrected chi connectivity index (χ2v) is 7.03. The molecule has 7 heteroatoms. The van der Waals surface area contributed by atoms with E-state index in [9.17, 15) is 13.2 Å². The van der Waals surface area contributed by atoms with Gasteiger partial charge in [0.15, 0.2) is 5.65 Å². The summed E-state index contributed by atoms with van der Waals surface area (Å²) in [5.41, 5.74) is 2.07. The van der Waals surface area contributed by atoms with E-state index in [-0.39, 0.29) is 0 Å². The van der Waals surface area contributed by atoms with E-state index in [1.165, 1.54) is 12.4 Å². The third-order valence-corrected chi connectivity index (χ3v) is 4.94. The van der Waals surface area contributed by atoms with Gasteiger partial charge in [-0.1, -0.05) is 49.7 Å². The zero-order valence-electron chi connectivity index (χ0n) is 16.4. The number of nitrogens with one attached hydrogen (secondary N) is 1. The molecular weight excluding hydrogens is 389 g/mol. The zero-order valence-corrected chi connectivity index (χ0v) is 16.4. The molecule has 0 atom stereocenters. The van der Waals surface area contributed by atoms with E-state index < -0.39 is 11.7 Å². The normalized spacial score (nSPS) is 11.7. The van der Waals surface area contributed by atoms with E-state index in [1.54, 1.807) is 10.6 Å². The molecule has 2 heterocycles. The Balaban J connectivity index is 1.93. The maximum atomic E-state index is 13.3. The number of alkyl halides is 3. The van der Waals surface area contributed by atoms with Crippen LogP contribution in [0.5, 0.6) is 0 Å². The van der Waals surface area contributed by atoms with Crippen molar-refractivity contribution in [3.05, 3.63) is 72.7 Å². The van der Waals surface area contributed by atoms with Crippen LogP contribution in [-0.2, 0) is 6.18 Å². The molecule has 2 aromatic carbocycles. The maximum Gasteiger partial charge on any atom is 0.416 e. The highest BCUT2D eigenvalue weighted by Crippen LogP contribution is 2.36. The Bertz CT molecular complexity index is 1150. The summed E-state index contributed by atoms with van der Waals surface area (Å²) in [6.45, 7) is 2.86. The first-order valence-electron chi connectivity index (χ1n) is 9.82. The van der Waals surface area contributed by atoms with E-state index in [2.05, 4.69) is 22.2 Å². The Kier molecular flexibility index (Phi) is 5.44. The minimum absolute atomic E-state index is 0.398. The molecular formula is C23H21F3N4. The molecule has 0 spiro atoms. The van der Waals surface area contributed by atoms with Crippen LogP contribution in [0.3, 0.4) is 0 Å². The fourth-order valence-electron chi connectivity index (χ4n) is 3.44. The number of hydrogen-bond donors (Lipinski definition) is 1. The lowest BCUT2D eigenvalue weighted by atomic mass is 10.1. The SMILES string of the molecule is CCCCNc1ncnc2c1c(-c1ccccc1)cn2-c1cccc(C(F)(F)F)c1. The number of nitrogens with zero attached hydrogens (tertiary/aromatic N) is 3. The lowest BCUT2D eigenvalue weighted by molar-refractivity contribution is -0.137. The van der Waals surface area contributed by atoms with E-state index in [4.69, 9.17) is 0 Å². The number of hydrogen-bond acceptors (Lipinski definition) is 3. The molecule has 0 aliphatic heterocycles. The molecule has 0 saturated heterocycles. The fourth-order valence-corrected chi connectivity index (χ4v) is 3.44. The van der Waals surface area contributed by atoms with Crippen LogP contribution in [0.15, 0.2) is 67.1 Å². The molecule has 0 fully saturated rings. The Labute approximate surface area is 172 Å². The second kappa shape index (κ2) is 8.18. The van der Waals surface area contributed by atoms with Crippen molar-refractivity contribution in [2.45, 2.75) is 25.9 Å². The molecule has 0 saturated carbocycles. The standard InChI is InChI=1S/C23H21F3N4/c1-2-3-12-27-21-20-19(16-8-5-4-6-9-16)14-30(22(20)29-15-28-21)18-11-7-10-17(13-18)23(24,25)26/h4-11,13-15H,2-3,12H2,1H3,(H,27,28,29). The van der Waals surface area contributed by atoms with Crippen molar-refractivity contribution in [1.82, 2.24) is 14.5 Å². The minimum atomic E-state index is -4.41. The predicted molar refractivity (Wildman–Crippen MR) is 113 cm³/mol. The topological polar surface area (TPSA) is 42.7 Å². The number of aromatic nitrogens is 3. The maximum absolute atomic E-state index is 13.3. The number of fused-ring (bicyclic) bond motifs is 1. The van der Waals surface area contributed by atoms with Gasteiger partial charge in [-0.25, -0.2) is 9.97 Å². The van der Waals surface area contributed by atoms with Gasteiger partial charge in [0.2, 0.25) is 0 Å². The predicted octanol–water partition coefficient (Wildman–Crippen LogP) is 6.32. The van der Waals surface area contributed by atoms with Gasteiger partial charge in [-0.15, -0.1) is 0 Å². The summed E-state index contributed by atoms with van der Waals surface area (Å²) in [6, 6.07) is 15.0. The van der Waals surface area contributed by atoms with Gasteiger partial charge >= 0.3 is 6.18 Å². The second-order valence-electron chi connectivity index (χ2n) is 7.03. The van der Waals surface area contributed by atoms with Crippen molar-refractivity contribution in [3.8, 4) is 16.8 Å². The van der Waals surface area contributed by atoms with Crippen molar-refractivity contribution in [2.75, 3.05) is 11.9 Å². The molecule has 154 valence electrons.